The Morgan fingerprint density at radius 1 is 0.192 bits per heavy atom. The van der Waals surface area contributed by atoms with Crippen molar-refractivity contribution in [1.82, 2.24) is 0 Å². The highest BCUT2D eigenvalue weighted by molar-refractivity contribution is 6.22. The molecule has 0 spiro atoms. The molecule has 0 saturated heterocycles. The zero-order valence-electron chi connectivity index (χ0n) is 28.6. The van der Waals surface area contributed by atoms with Crippen LogP contribution in [-0.4, -0.2) is 0 Å². The normalized spacial score (nSPS) is 11.5. The second-order valence-corrected chi connectivity index (χ2v) is 13.6. The molecule has 0 amide bonds. The number of hydrogen-bond donors (Lipinski definition) is 0. The summed E-state index contributed by atoms with van der Waals surface area (Å²) in [4.78, 5) is 0. The summed E-state index contributed by atoms with van der Waals surface area (Å²) in [6.45, 7) is 0. The van der Waals surface area contributed by atoms with Crippen molar-refractivity contribution in [3.63, 3.8) is 0 Å². The first-order valence-corrected chi connectivity index (χ1v) is 18.0. The first-order chi connectivity index (χ1) is 25.8. The van der Waals surface area contributed by atoms with E-state index < -0.39 is 0 Å². The minimum atomic E-state index is 1.21. The standard InChI is InChI=1S/C52H34/c1-3-13-35(14-4-1)37-23-27-40(28-24-37)50-44(42-29-25-36-15-7-8-18-41(36)33-42)32-31-38-26-30-43(34-49(38)50)52-47-21-11-9-19-45(47)51(39-16-5-2-6-17-39)46-20-10-12-22-48(46)52/h1-34H. The maximum absolute atomic E-state index is 2.44. The van der Waals surface area contributed by atoms with Crippen molar-refractivity contribution in [2.45, 2.75) is 0 Å². The zero-order valence-corrected chi connectivity index (χ0v) is 28.6. The minimum absolute atomic E-state index is 1.21. The molecule has 0 N–H and O–H groups in total. The maximum Gasteiger partial charge on any atom is -0.00261 e. The average molecular weight is 659 g/mol. The highest BCUT2D eigenvalue weighted by atomic mass is 14.2. The van der Waals surface area contributed by atoms with E-state index in [2.05, 4.69) is 206 Å². The quantitative estimate of drug-likeness (QED) is 0.161. The van der Waals surface area contributed by atoms with Gasteiger partial charge in [0.1, 0.15) is 0 Å². The van der Waals surface area contributed by atoms with E-state index in [1.54, 1.807) is 0 Å². The Labute approximate surface area is 303 Å². The summed E-state index contributed by atoms with van der Waals surface area (Å²) >= 11 is 0. The van der Waals surface area contributed by atoms with Crippen molar-refractivity contribution in [1.29, 1.82) is 0 Å². The van der Waals surface area contributed by atoms with Gasteiger partial charge in [-0.15, -0.1) is 0 Å². The molecule has 0 heterocycles. The van der Waals surface area contributed by atoms with Gasteiger partial charge in [-0.2, -0.15) is 0 Å². The third-order valence-electron chi connectivity index (χ3n) is 10.6. The lowest BCUT2D eigenvalue weighted by molar-refractivity contribution is 1.59. The summed E-state index contributed by atoms with van der Waals surface area (Å²) in [5, 5.41) is 10.0. The Bertz CT molecular complexity index is 2860. The molecule has 0 nitrogen and oxygen atoms in total. The van der Waals surface area contributed by atoms with E-state index in [4.69, 9.17) is 0 Å². The van der Waals surface area contributed by atoms with Crippen molar-refractivity contribution in [2.75, 3.05) is 0 Å². The van der Waals surface area contributed by atoms with E-state index in [-0.39, 0.29) is 0 Å². The van der Waals surface area contributed by atoms with Crippen LogP contribution in [0.3, 0.4) is 0 Å². The summed E-state index contributed by atoms with van der Waals surface area (Å²) in [7, 11) is 0. The van der Waals surface area contributed by atoms with Crippen LogP contribution in [0.15, 0.2) is 206 Å². The predicted molar refractivity (Wildman–Crippen MR) is 224 cm³/mol. The van der Waals surface area contributed by atoms with Gasteiger partial charge in [0.25, 0.3) is 0 Å². The van der Waals surface area contributed by atoms with E-state index in [0.717, 1.165) is 0 Å². The number of hydrogen-bond acceptors (Lipinski definition) is 0. The van der Waals surface area contributed by atoms with E-state index in [0.29, 0.717) is 0 Å². The molecule has 0 aliphatic rings. The fourth-order valence-electron chi connectivity index (χ4n) is 8.20. The van der Waals surface area contributed by atoms with Gasteiger partial charge in [0, 0.05) is 0 Å². The van der Waals surface area contributed by atoms with Crippen LogP contribution < -0.4 is 0 Å². The van der Waals surface area contributed by atoms with Crippen molar-refractivity contribution in [3.05, 3.63) is 206 Å². The fourth-order valence-corrected chi connectivity index (χ4v) is 8.20. The van der Waals surface area contributed by atoms with Crippen LogP contribution in [0.5, 0.6) is 0 Å². The van der Waals surface area contributed by atoms with Crippen LogP contribution in [0.25, 0.3) is 98.7 Å². The molecule has 10 rings (SSSR count). The molecule has 0 radical (unpaired) electrons. The van der Waals surface area contributed by atoms with Crippen LogP contribution in [-0.2, 0) is 0 Å². The van der Waals surface area contributed by atoms with Crippen LogP contribution >= 0.6 is 0 Å². The summed E-state index contributed by atoms with van der Waals surface area (Å²) in [6, 6.07) is 75.6. The molecular formula is C52H34. The lowest BCUT2D eigenvalue weighted by Crippen LogP contribution is -1.92. The smallest absolute Gasteiger partial charge is 0.00261 e. The number of rotatable bonds is 5. The van der Waals surface area contributed by atoms with Crippen LogP contribution in [0.4, 0.5) is 0 Å². The molecule has 0 saturated carbocycles. The van der Waals surface area contributed by atoms with Crippen molar-refractivity contribution >= 4 is 43.1 Å². The van der Waals surface area contributed by atoms with E-state index in [1.807, 2.05) is 0 Å². The first-order valence-electron chi connectivity index (χ1n) is 18.0. The molecule has 0 aromatic heterocycles. The Morgan fingerprint density at radius 3 is 1.27 bits per heavy atom. The van der Waals surface area contributed by atoms with Gasteiger partial charge in [0.15, 0.2) is 0 Å². The monoisotopic (exact) mass is 658 g/mol. The van der Waals surface area contributed by atoms with Gasteiger partial charge in [-0.25, -0.2) is 0 Å². The van der Waals surface area contributed by atoms with Crippen LogP contribution in [0, 0.1) is 0 Å². The van der Waals surface area contributed by atoms with Crippen molar-refractivity contribution in [3.8, 4) is 55.6 Å². The van der Waals surface area contributed by atoms with Gasteiger partial charge >= 0.3 is 0 Å². The van der Waals surface area contributed by atoms with Crippen LogP contribution in [0.1, 0.15) is 0 Å². The topological polar surface area (TPSA) is 0 Å². The van der Waals surface area contributed by atoms with Crippen LogP contribution in [0.2, 0.25) is 0 Å². The zero-order chi connectivity index (χ0) is 34.4. The molecular weight excluding hydrogens is 625 g/mol. The molecule has 0 aliphatic heterocycles. The Balaban J connectivity index is 1.25. The fraction of sp³-hybridized carbons (Fsp3) is 0. The van der Waals surface area contributed by atoms with Crippen molar-refractivity contribution < 1.29 is 0 Å². The summed E-state index contributed by atoms with van der Waals surface area (Å²) in [6.07, 6.45) is 0. The average Bonchev–Trinajstić information content (AvgIpc) is 3.22. The number of fused-ring (bicyclic) bond motifs is 4. The third-order valence-corrected chi connectivity index (χ3v) is 10.6. The molecule has 0 atom stereocenters. The van der Waals surface area contributed by atoms with Gasteiger partial charge in [-0.3, -0.25) is 0 Å². The summed E-state index contributed by atoms with van der Waals surface area (Å²) < 4.78 is 0. The van der Waals surface area contributed by atoms with Gasteiger partial charge in [0.2, 0.25) is 0 Å². The number of benzene rings is 10. The highest BCUT2D eigenvalue weighted by Crippen LogP contribution is 2.46. The molecule has 0 bridgehead atoms. The van der Waals surface area contributed by atoms with Gasteiger partial charge in [0.05, 0.1) is 0 Å². The molecule has 10 aromatic carbocycles. The SMILES string of the molecule is c1ccc(-c2ccc(-c3c(-c4ccc5ccccc5c4)ccc4ccc(-c5c6ccccc6c(-c6ccccc6)c6ccccc56)cc34)cc2)cc1. The maximum atomic E-state index is 2.44. The lowest BCUT2D eigenvalue weighted by atomic mass is 9.84. The molecule has 10 aromatic rings. The molecule has 0 aliphatic carbocycles. The van der Waals surface area contributed by atoms with E-state index in [1.165, 1.54) is 98.7 Å². The molecule has 0 heteroatoms. The van der Waals surface area contributed by atoms with E-state index in [9.17, 15) is 0 Å². The van der Waals surface area contributed by atoms with Crippen molar-refractivity contribution in [2.24, 2.45) is 0 Å². The molecule has 52 heavy (non-hydrogen) atoms. The Kier molecular flexibility index (Phi) is 7.25. The predicted octanol–water partition coefficient (Wildman–Crippen LogP) is 14.6. The molecule has 0 unspecified atom stereocenters. The lowest BCUT2D eigenvalue weighted by Gasteiger charge is -2.19. The highest BCUT2D eigenvalue weighted by Gasteiger charge is 2.19. The second kappa shape index (κ2) is 12.5. The summed E-state index contributed by atoms with van der Waals surface area (Å²) in [5.41, 5.74) is 12.4. The third kappa shape index (κ3) is 5.08. The van der Waals surface area contributed by atoms with Gasteiger partial charge in [-0.1, -0.05) is 194 Å². The largest absolute Gasteiger partial charge is 0.0622 e. The first kappa shape index (κ1) is 30.1. The molecule has 0 fully saturated rings. The van der Waals surface area contributed by atoms with E-state index >= 15 is 0 Å². The Morgan fingerprint density at radius 2 is 0.615 bits per heavy atom. The second-order valence-electron chi connectivity index (χ2n) is 13.6. The Hall–Kier alpha value is -6.76. The van der Waals surface area contributed by atoms with Gasteiger partial charge < -0.3 is 0 Å². The minimum Gasteiger partial charge on any atom is -0.0622 e. The summed E-state index contributed by atoms with van der Waals surface area (Å²) in [5.74, 6) is 0. The molecule has 242 valence electrons. The van der Waals surface area contributed by atoms with Gasteiger partial charge in [-0.05, 0) is 111 Å².